The topological polar surface area (TPSA) is 60.4 Å². The van der Waals surface area contributed by atoms with Gasteiger partial charge in [-0.05, 0) is 38.1 Å². The van der Waals surface area contributed by atoms with Gasteiger partial charge in [0.15, 0.2) is 0 Å². The molecule has 0 N–H and O–H groups in total. The number of benzene rings is 1. The standard InChI is InChI=1S/C14H10O4/c1-7-3-9-5-12-10(4-8(2)14(16)18-12)6-11(9)17-13(7)15/h3-6H,1-2H3. The van der Waals surface area contributed by atoms with Crippen molar-refractivity contribution in [3.05, 3.63) is 56.2 Å². The third-order valence-corrected chi connectivity index (χ3v) is 2.94. The fourth-order valence-electron chi connectivity index (χ4n) is 1.94. The Labute approximate surface area is 101 Å². The number of hydrogen-bond donors (Lipinski definition) is 0. The SMILES string of the molecule is Cc1cc2cc3oc(=O)c(C)cc3cc2oc1=O. The minimum absolute atomic E-state index is 0.351. The van der Waals surface area contributed by atoms with E-state index < -0.39 is 0 Å². The fraction of sp³-hybridized carbons (Fsp3) is 0.143. The van der Waals surface area contributed by atoms with Crippen LogP contribution >= 0.6 is 0 Å². The van der Waals surface area contributed by atoms with E-state index in [0.29, 0.717) is 22.3 Å². The molecule has 0 fully saturated rings. The third-order valence-electron chi connectivity index (χ3n) is 2.94. The molecule has 0 bridgehead atoms. The largest absolute Gasteiger partial charge is 0.423 e. The Hall–Kier alpha value is -2.36. The number of rotatable bonds is 0. The van der Waals surface area contributed by atoms with Gasteiger partial charge in [0.05, 0.1) is 0 Å². The Morgan fingerprint density at radius 1 is 0.722 bits per heavy atom. The van der Waals surface area contributed by atoms with Crippen LogP contribution in [0, 0.1) is 13.8 Å². The first kappa shape index (κ1) is 10.8. The first-order chi connectivity index (χ1) is 8.54. The van der Waals surface area contributed by atoms with Crippen molar-refractivity contribution >= 4 is 21.9 Å². The van der Waals surface area contributed by atoms with Gasteiger partial charge in [0.2, 0.25) is 0 Å². The second kappa shape index (κ2) is 3.57. The predicted molar refractivity (Wildman–Crippen MR) is 68.0 cm³/mol. The first-order valence-electron chi connectivity index (χ1n) is 5.53. The molecule has 3 rings (SSSR count). The average Bonchev–Trinajstić information content (AvgIpc) is 2.31. The van der Waals surface area contributed by atoms with Crippen molar-refractivity contribution in [3.8, 4) is 0 Å². The molecule has 1 aromatic carbocycles. The van der Waals surface area contributed by atoms with E-state index in [2.05, 4.69) is 0 Å². The van der Waals surface area contributed by atoms with E-state index in [4.69, 9.17) is 8.83 Å². The van der Waals surface area contributed by atoms with Gasteiger partial charge in [0, 0.05) is 21.9 Å². The second-order valence-corrected chi connectivity index (χ2v) is 4.36. The first-order valence-corrected chi connectivity index (χ1v) is 5.53. The highest BCUT2D eigenvalue weighted by molar-refractivity contribution is 5.92. The van der Waals surface area contributed by atoms with E-state index in [1.165, 1.54) is 0 Å². The Balaban J connectivity index is 2.51. The van der Waals surface area contributed by atoms with Gasteiger partial charge in [-0.2, -0.15) is 0 Å². The molecule has 0 radical (unpaired) electrons. The van der Waals surface area contributed by atoms with Gasteiger partial charge in [0.1, 0.15) is 11.2 Å². The molecule has 3 aromatic rings. The maximum atomic E-state index is 11.4. The van der Waals surface area contributed by atoms with Crippen LogP contribution in [0.15, 0.2) is 42.7 Å². The van der Waals surface area contributed by atoms with E-state index in [-0.39, 0.29) is 11.3 Å². The summed E-state index contributed by atoms with van der Waals surface area (Å²) >= 11 is 0. The van der Waals surface area contributed by atoms with Crippen LogP contribution in [0.25, 0.3) is 21.9 Å². The summed E-state index contributed by atoms with van der Waals surface area (Å²) in [6.45, 7) is 3.36. The molecule has 2 heterocycles. The van der Waals surface area contributed by atoms with Crippen LogP contribution in [0.2, 0.25) is 0 Å². The monoisotopic (exact) mass is 242 g/mol. The van der Waals surface area contributed by atoms with Crippen LogP contribution in [0.4, 0.5) is 0 Å². The average molecular weight is 242 g/mol. The molecular weight excluding hydrogens is 232 g/mol. The van der Waals surface area contributed by atoms with E-state index in [9.17, 15) is 9.59 Å². The van der Waals surface area contributed by atoms with Crippen molar-refractivity contribution in [1.29, 1.82) is 0 Å². The molecular formula is C14H10O4. The van der Waals surface area contributed by atoms with Gasteiger partial charge in [-0.3, -0.25) is 0 Å². The predicted octanol–water partition coefficient (Wildman–Crippen LogP) is 2.52. The normalized spacial score (nSPS) is 11.2. The quantitative estimate of drug-likeness (QED) is 0.449. The summed E-state index contributed by atoms with van der Waals surface area (Å²) in [4.78, 5) is 22.9. The Bertz CT molecular complexity index is 808. The van der Waals surface area contributed by atoms with Gasteiger partial charge >= 0.3 is 11.3 Å². The van der Waals surface area contributed by atoms with Crippen molar-refractivity contribution in [2.45, 2.75) is 13.8 Å². The molecule has 0 aliphatic carbocycles. The molecule has 2 aromatic heterocycles. The highest BCUT2D eigenvalue weighted by atomic mass is 16.4. The zero-order chi connectivity index (χ0) is 12.9. The molecule has 0 saturated carbocycles. The summed E-state index contributed by atoms with van der Waals surface area (Å²) in [5.41, 5.74) is 1.33. The van der Waals surface area contributed by atoms with Crippen LogP contribution in [0.3, 0.4) is 0 Å². The van der Waals surface area contributed by atoms with Crippen molar-refractivity contribution in [1.82, 2.24) is 0 Å². The minimum Gasteiger partial charge on any atom is -0.423 e. The summed E-state index contributed by atoms with van der Waals surface area (Å²) in [5.74, 6) is 0. The molecule has 0 aliphatic heterocycles. The number of fused-ring (bicyclic) bond motifs is 2. The van der Waals surface area contributed by atoms with E-state index in [1.807, 2.05) is 0 Å². The highest BCUT2D eigenvalue weighted by Crippen LogP contribution is 2.22. The maximum Gasteiger partial charge on any atom is 0.339 e. The van der Waals surface area contributed by atoms with E-state index in [1.54, 1.807) is 38.1 Å². The Morgan fingerprint density at radius 2 is 1.11 bits per heavy atom. The lowest BCUT2D eigenvalue weighted by molar-refractivity contribution is 0.549. The summed E-state index contributed by atoms with van der Waals surface area (Å²) in [6.07, 6.45) is 0. The van der Waals surface area contributed by atoms with Crippen LogP contribution in [-0.2, 0) is 0 Å². The van der Waals surface area contributed by atoms with E-state index >= 15 is 0 Å². The smallest absolute Gasteiger partial charge is 0.339 e. The zero-order valence-electron chi connectivity index (χ0n) is 9.94. The van der Waals surface area contributed by atoms with Gasteiger partial charge in [-0.25, -0.2) is 9.59 Å². The maximum absolute atomic E-state index is 11.4. The lowest BCUT2D eigenvalue weighted by Crippen LogP contribution is -2.03. The van der Waals surface area contributed by atoms with Gasteiger partial charge < -0.3 is 8.83 Å². The van der Waals surface area contributed by atoms with Crippen molar-refractivity contribution in [2.24, 2.45) is 0 Å². The Kier molecular flexibility index (Phi) is 2.13. The highest BCUT2D eigenvalue weighted by Gasteiger charge is 2.06. The molecule has 0 atom stereocenters. The molecule has 0 aliphatic rings. The molecule has 0 unspecified atom stereocenters. The molecule has 4 heteroatoms. The molecule has 18 heavy (non-hydrogen) atoms. The number of hydrogen-bond acceptors (Lipinski definition) is 4. The summed E-state index contributed by atoms with van der Waals surface area (Å²) in [5, 5.41) is 1.48. The van der Waals surface area contributed by atoms with Crippen LogP contribution < -0.4 is 11.3 Å². The molecule has 0 spiro atoms. The summed E-state index contributed by atoms with van der Waals surface area (Å²) < 4.78 is 10.4. The van der Waals surface area contributed by atoms with Crippen molar-refractivity contribution in [2.75, 3.05) is 0 Å². The summed E-state index contributed by atoms with van der Waals surface area (Å²) in [6, 6.07) is 6.86. The van der Waals surface area contributed by atoms with Crippen molar-refractivity contribution in [3.63, 3.8) is 0 Å². The molecule has 90 valence electrons. The molecule has 4 nitrogen and oxygen atoms in total. The lowest BCUT2D eigenvalue weighted by atomic mass is 10.1. The lowest BCUT2D eigenvalue weighted by Gasteiger charge is -2.01. The number of aryl methyl sites for hydroxylation is 2. The van der Waals surface area contributed by atoms with Gasteiger partial charge in [-0.1, -0.05) is 0 Å². The molecule has 0 amide bonds. The minimum atomic E-state index is -0.351. The van der Waals surface area contributed by atoms with Crippen molar-refractivity contribution < 1.29 is 8.83 Å². The Morgan fingerprint density at radius 3 is 1.50 bits per heavy atom. The van der Waals surface area contributed by atoms with Crippen LogP contribution in [-0.4, -0.2) is 0 Å². The van der Waals surface area contributed by atoms with E-state index in [0.717, 1.165) is 10.8 Å². The third kappa shape index (κ3) is 1.54. The zero-order valence-corrected chi connectivity index (χ0v) is 9.94. The van der Waals surface area contributed by atoms with Crippen LogP contribution in [0.5, 0.6) is 0 Å². The van der Waals surface area contributed by atoms with Gasteiger partial charge in [0.25, 0.3) is 0 Å². The summed E-state index contributed by atoms with van der Waals surface area (Å²) in [7, 11) is 0. The van der Waals surface area contributed by atoms with Gasteiger partial charge in [-0.15, -0.1) is 0 Å². The second-order valence-electron chi connectivity index (χ2n) is 4.36. The molecule has 0 saturated heterocycles. The van der Waals surface area contributed by atoms with Crippen LogP contribution in [0.1, 0.15) is 11.1 Å². The fourth-order valence-corrected chi connectivity index (χ4v) is 1.94.